The lowest BCUT2D eigenvalue weighted by atomic mass is 10.1. The van der Waals surface area contributed by atoms with Gasteiger partial charge in [-0.25, -0.2) is 8.42 Å². The van der Waals surface area contributed by atoms with Gasteiger partial charge in [0.1, 0.15) is 5.75 Å². The minimum Gasteiger partial charge on any atom is -0.494 e. The largest absolute Gasteiger partial charge is 0.494 e. The van der Waals surface area contributed by atoms with Gasteiger partial charge in [0, 0.05) is 18.2 Å². The van der Waals surface area contributed by atoms with E-state index in [0.29, 0.717) is 41.6 Å². The fraction of sp³-hybridized carbons (Fsp3) is 0.480. The number of unbranched alkanes of at least 4 members (excludes halogenated alkanes) is 1. The predicted molar refractivity (Wildman–Crippen MR) is 130 cm³/mol. The Balaban J connectivity index is 1.90. The summed E-state index contributed by atoms with van der Waals surface area (Å²) in [6.45, 7) is 2.92. The van der Waals surface area contributed by atoms with Crippen molar-refractivity contribution >= 4 is 15.7 Å². The van der Waals surface area contributed by atoms with E-state index in [4.69, 9.17) is 18.9 Å². The van der Waals surface area contributed by atoms with Gasteiger partial charge in [0.25, 0.3) is 5.91 Å². The van der Waals surface area contributed by atoms with Crippen molar-refractivity contribution in [2.75, 3.05) is 39.4 Å². The fourth-order valence-electron chi connectivity index (χ4n) is 4.01. The molecule has 1 aliphatic rings. The summed E-state index contributed by atoms with van der Waals surface area (Å²) in [4.78, 5) is 15.2. The van der Waals surface area contributed by atoms with Crippen LogP contribution in [0, 0.1) is 0 Å². The number of sulfone groups is 1. The van der Waals surface area contributed by atoms with E-state index in [9.17, 15) is 13.2 Å². The van der Waals surface area contributed by atoms with Crippen LogP contribution in [-0.2, 0) is 16.4 Å². The molecule has 9 heteroatoms. The normalized spacial score (nSPS) is 16.6. The second kappa shape index (κ2) is 11.5. The van der Waals surface area contributed by atoms with Crippen molar-refractivity contribution in [2.45, 2.75) is 38.8 Å². The summed E-state index contributed by atoms with van der Waals surface area (Å²) >= 11 is 0. The average Bonchev–Trinajstić information content (AvgIpc) is 3.21. The number of ether oxygens (including phenoxy) is 4. The number of hydrogen-bond donors (Lipinski definition) is 0. The van der Waals surface area contributed by atoms with Gasteiger partial charge in [-0.15, -0.1) is 0 Å². The topological polar surface area (TPSA) is 91.4 Å². The van der Waals surface area contributed by atoms with Gasteiger partial charge in [-0.1, -0.05) is 13.3 Å². The zero-order valence-corrected chi connectivity index (χ0v) is 21.0. The van der Waals surface area contributed by atoms with Crippen LogP contribution in [0.15, 0.2) is 36.4 Å². The van der Waals surface area contributed by atoms with Crippen LogP contribution in [0.2, 0.25) is 0 Å². The van der Waals surface area contributed by atoms with Crippen molar-refractivity contribution in [3.8, 4) is 23.0 Å². The molecule has 0 saturated carbocycles. The first-order chi connectivity index (χ1) is 16.3. The van der Waals surface area contributed by atoms with Crippen molar-refractivity contribution in [2.24, 2.45) is 0 Å². The lowest BCUT2D eigenvalue weighted by Gasteiger charge is -2.29. The standard InChI is InChI=1S/C25H33NO7S/c1-5-6-12-33-21-9-7-19(8-10-21)25(27)26(20-11-13-34(28,29)17-20)16-18-14-22(30-2)24(32-4)23(15-18)31-3/h7-10,14-15,20H,5-6,11-13,16-17H2,1-4H3/t20-/m1/s1. The molecule has 34 heavy (non-hydrogen) atoms. The molecule has 0 aromatic heterocycles. The molecular formula is C25H33NO7S. The van der Waals surface area contributed by atoms with Crippen molar-refractivity contribution in [1.82, 2.24) is 4.90 Å². The zero-order chi connectivity index (χ0) is 24.7. The number of amides is 1. The maximum absolute atomic E-state index is 13.6. The highest BCUT2D eigenvalue weighted by Gasteiger charge is 2.35. The SMILES string of the molecule is CCCCOc1ccc(C(=O)N(Cc2cc(OC)c(OC)c(OC)c2)[C@@H]2CCS(=O)(=O)C2)cc1. The molecule has 2 aromatic rings. The van der Waals surface area contributed by atoms with Gasteiger partial charge in [0.15, 0.2) is 21.3 Å². The Morgan fingerprint density at radius 1 is 1.03 bits per heavy atom. The van der Waals surface area contributed by atoms with Crippen molar-refractivity contribution in [1.29, 1.82) is 0 Å². The molecule has 1 aliphatic heterocycles. The fourth-order valence-corrected chi connectivity index (χ4v) is 5.74. The van der Waals surface area contributed by atoms with Crippen LogP contribution >= 0.6 is 0 Å². The number of rotatable bonds is 11. The molecule has 1 atom stereocenters. The van der Waals surface area contributed by atoms with Gasteiger partial charge in [-0.2, -0.15) is 0 Å². The third-order valence-electron chi connectivity index (χ3n) is 5.86. The van der Waals surface area contributed by atoms with E-state index < -0.39 is 15.9 Å². The summed E-state index contributed by atoms with van der Waals surface area (Å²) in [6, 6.07) is 10.1. The van der Waals surface area contributed by atoms with Gasteiger partial charge in [0.05, 0.1) is 39.4 Å². The van der Waals surface area contributed by atoms with Crippen molar-refractivity contribution in [3.05, 3.63) is 47.5 Å². The molecule has 2 aromatic carbocycles. The Hall–Kier alpha value is -2.94. The second-order valence-electron chi connectivity index (χ2n) is 8.25. The first kappa shape index (κ1) is 25.7. The van der Waals surface area contributed by atoms with E-state index in [1.165, 1.54) is 21.3 Å². The Labute approximate surface area is 201 Å². The monoisotopic (exact) mass is 491 g/mol. The van der Waals surface area contributed by atoms with E-state index in [2.05, 4.69) is 6.92 Å². The Morgan fingerprint density at radius 3 is 2.18 bits per heavy atom. The van der Waals surface area contributed by atoms with Crippen LogP contribution in [0.5, 0.6) is 23.0 Å². The number of methoxy groups -OCH3 is 3. The van der Waals surface area contributed by atoms with Gasteiger partial charge < -0.3 is 23.8 Å². The van der Waals surface area contributed by atoms with Crippen LogP contribution in [-0.4, -0.2) is 64.7 Å². The van der Waals surface area contributed by atoms with Gasteiger partial charge in [-0.05, 0) is 54.8 Å². The molecule has 1 amide bonds. The molecule has 0 aliphatic carbocycles. The number of carbonyl (C=O) groups is 1. The maximum Gasteiger partial charge on any atom is 0.254 e. The average molecular weight is 492 g/mol. The Bertz CT molecular complexity index is 1060. The van der Waals surface area contributed by atoms with E-state index in [0.717, 1.165) is 18.4 Å². The molecule has 3 rings (SSSR count). The Kier molecular flexibility index (Phi) is 8.66. The smallest absolute Gasteiger partial charge is 0.254 e. The van der Waals surface area contributed by atoms with E-state index >= 15 is 0 Å². The summed E-state index contributed by atoms with van der Waals surface area (Å²) in [5.74, 6) is 1.87. The quantitative estimate of drug-likeness (QED) is 0.443. The minimum atomic E-state index is -3.19. The highest BCUT2D eigenvalue weighted by atomic mass is 32.2. The molecule has 186 valence electrons. The molecule has 0 spiro atoms. The van der Waals surface area contributed by atoms with Gasteiger partial charge in [0.2, 0.25) is 5.75 Å². The van der Waals surface area contributed by atoms with Crippen molar-refractivity contribution < 1.29 is 32.2 Å². The molecule has 1 fully saturated rings. The van der Waals surface area contributed by atoms with Crippen LogP contribution < -0.4 is 18.9 Å². The van der Waals surface area contributed by atoms with E-state index in [-0.39, 0.29) is 24.0 Å². The van der Waals surface area contributed by atoms with Crippen LogP contribution in [0.1, 0.15) is 42.1 Å². The first-order valence-corrected chi connectivity index (χ1v) is 13.2. The molecule has 0 bridgehead atoms. The van der Waals surface area contributed by atoms with Crippen LogP contribution in [0.4, 0.5) is 0 Å². The van der Waals surface area contributed by atoms with Gasteiger partial charge in [-0.3, -0.25) is 4.79 Å². The maximum atomic E-state index is 13.6. The third kappa shape index (κ3) is 6.14. The molecule has 0 N–H and O–H groups in total. The highest BCUT2D eigenvalue weighted by Crippen LogP contribution is 2.39. The summed E-state index contributed by atoms with van der Waals surface area (Å²) in [7, 11) is 1.39. The van der Waals surface area contributed by atoms with Crippen LogP contribution in [0.25, 0.3) is 0 Å². The number of nitrogens with zero attached hydrogens (tertiary/aromatic N) is 1. The summed E-state index contributed by atoms with van der Waals surface area (Å²) in [5, 5.41) is 0. The second-order valence-corrected chi connectivity index (χ2v) is 10.5. The number of hydrogen-bond acceptors (Lipinski definition) is 7. The summed E-state index contributed by atoms with van der Waals surface area (Å²) < 4.78 is 46.4. The minimum absolute atomic E-state index is 0.0542. The molecule has 0 radical (unpaired) electrons. The molecule has 0 unspecified atom stereocenters. The van der Waals surface area contributed by atoms with Crippen LogP contribution in [0.3, 0.4) is 0 Å². The molecule has 1 heterocycles. The highest BCUT2D eigenvalue weighted by molar-refractivity contribution is 7.91. The lowest BCUT2D eigenvalue weighted by molar-refractivity contribution is 0.0680. The summed E-state index contributed by atoms with van der Waals surface area (Å²) in [5.41, 5.74) is 1.21. The molecular weight excluding hydrogens is 458 g/mol. The summed E-state index contributed by atoms with van der Waals surface area (Å²) in [6.07, 6.45) is 2.40. The van der Waals surface area contributed by atoms with E-state index in [1.54, 1.807) is 41.3 Å². The van der Waals surface area contributed by atoms with Gasteiger partial charge >= 0.3 is 0 Å². The van der Waals surface area contributed by atoms with E-state index in [1.807, 2.05) is 0 Å². The van der Waals surface area contributed by atoms with Crippen molar-refractivity contribution in [3.63, 3.8) is 0 Å². The lowest BCUT2D eigenvalue weighted by Crippen LogP contribution is -2.40. The predicted octanol–water partition coefficient (Wildman–Crippen LogP) is 3.72. The number of benzene rings is 2. The zero-order valence-electron chi connectivity index (χ0n) is 20.2. The molecule has 8 nitrogen and oxygen atoms in total. The third-order valence-corrected chi connectivity index (χ3v) is 7.61. The molecule has 1 saturated heterocycles. The Morgan fingerprint density at radius 2 is 1.68 bits per heavy atom. The number of carbonyl (C=O) groups excluding carboxylic acids is 1. The first-order valence-electron chi connectivity index (χ1n) is 11.3.